The lowest BCUT2D eigenvalue weighted by Crippen LogP contribution is -2.38. The molecule has 2 aliphatic carbocycles. The minimum absolute atomic E-state index is 0.0505. The summed E-state index contributed by atoms with van der Waals surface area (Å²) < 4.78 is 4.84. The Balaban J connectivity index is 1.42. The predicted octanol–water partition coefficient (Wildman–Crippen LogP) is 5.63. The number of nitrogens with zero attached hydrogens (tertiary/aromatic N) is 2. The van der Waals surface area contributed by atoms with Crippen LogP contribution in [-0.4, -0.2) is 20.9 Å². The van der Waals surface area contributed by atoms with Gasteiger partial charge in [0.1, 0.15) is 0 Å². The number of carbonyl (C=O) groups is 2. The average Bonchev–Trinajstić information content (AvgIpc) is 3.37. The third-order valence-corrected chi connectivity index (χ3v) is 10.2. The monoisotopic (exact) mass is 522 g/mol. The fourth-order valence-electron chi connectivity index (χ4n) is 8.88. The van der Waals surface area contributed by atoms with Crippen LogP contribution < -0.4 is 11.5 Å². The summed E-state index contributed by atoms with van der Waals surface area (Å²) >= 11 is 0. The van der Waals surface area contributed by atoms with E-state index in [-0.39, 0.29) is 22.6 Å². The maximum Gasteiger partial charge on any atom is 0.227 e. The molecule has 2 amide bonds. The highest BCUT2D eigenvalue weighted by Gasteiger charge is 2.53. The van der Waals surface area contributed by atoms with Crippen molar-refractivity contribution in [3.63, 3.8) is 0 Å². The van der Waals surface area contributed by atoms with Crippen LogP contribution in [0.2, 0.25) is 0 Å². The molecule has 0 saturated carbocycles. The number of primary amides is 2. The Kier molecular flexibility index (Phi) is 6.77. The van der Waals surface area contributed by atoms with Crippen molar-refractivity contribution in [2.75, 3.05) is 0 Å². The molecule has 0 radical (unpaired) electrons. The number of aromatic nitrogens is 2. The molecule has 2 heterocycles. The summed E-state index contributed by atoms with van der Waals surface area (Å²) in [5, 5.41) is 0. The van der Waals surface area contributed by atoms with E-state index in [1.54, 1.807) is 0 Å². The molecule has 4 rings (SSSR count). The molecular weight excluding hydrogens is 472 g/mol. The zero-order valence-corrected chi connectivity index (χ0v) is 25.5. The molecule has 2 aromatic heterocycles. The van der Waals surface area contributed by atoms with Crippen LogP contribution in [-0.2, 0) is 44.3 Å². The van der Waals surface area contributed by atoms with Crippen molar-refractivity contribution < 1.29 is 9.59 Å². The van der Waals surface area contributed by atoms with E-state index >= 15 is 0 Å². The summed E-state index contributed by atoms with van der Waals surface area (Å²) in [6.07, 6.45) is 6.08. The van der Waals surface area contributed by atoms with Gasteiger partial charge in [0.05, 0.1) is 10.8 Å². The van der Waals surface area contributed by atoms with Crippen molar-refractivity contribution in [1.82, 2.24) is 9.13 Å². The molecule has 6 nitrogen and oxygen atoms in total. The third kappa shape index (κ3) is 3.96. The van der Waals surface area contributed by atoms with Gasteiger partial charge in [-0.05, 0) is 100 Å². The number of unbranched alkanes of at least 4 members (excludes halogenated alkanes) is 3. The minimum Gasteiger partial charge on any atom is -0.369 e. The molecule has 0 spiro atoms. The van der Waals surface area contributed by atoms with Crippen LogP contribution in [0.4, 0.5) is 0 Å². The number of hydrogen-bond acceptors (Lipinski definition) is 2. The van der Waals surface area contributed by atoms with Crippen LogP contribution in [0.3, 0.4) is 0 Å². The second-order valence-electron chi connectivity index (χ2n) is 14.1. The molecule has 6 heteroatoms. The Labute approximate surface area is 229 Å². The maximum atomic E-state index is 12.5. The van der Waals surface area contributed by atoms with E-state index < -0.39 is 10.8 Å². The first-order chi connectivity index (χ1) is 17.4. The molecule has 0 aromatic carbocycles. The Morgan fingerprint density at radius 3 is 1.16 bits per heavy atom. The Bertz CT molecular complexity index is 1210. The summed E-state index contributed by atoms with van der Waals surface area (Å²) in [6.45, 7) is 23.7. The lowest BCUT2D eigenvalue weighted by Gasteiger charge is -2.27. The molecule has 2 unspecified atom stereocenters. The van der Waals surface area contributed by atoms with Gasteiger partial charge in [-0.15, -0.1) is 0 Å². The predicted molar refractivity (Wildman–Crippen MR) is 155 cm³/mol. The summed E-state index contributed by atoms with van der Waals surface area (Å²) in [6, 6.07) is 0. The molecule has 210 valence electrons. The first kappa shape index (κ1) is 28.5. The smallest absolute Gasteiger partial charge is 0.227 e. The quantitative estimate of drug-likeness (QED) is 0.417. The van der Waals surface area contributed by atoms with Crippen molar-refractivity contribution >= 4 is 11.8 Å². The van der Waals surface area contributed by atoms with Crippen molar-refractivity contribution in [3.8, 4) is 0 Å². The first-order valence-corrected chi connectivity index (χ1v) is 14.4. The second-order valence-corrected chi connectivity index (χ2v) is 14.1. The molecule has 2 aromatic rings. The van der Waals surface area contributed by atoms with Gasteiger partial charge in [0.2, 0.25) is 11.8 Å². The lowest BCUT2D eigenvalue weighted by molar-refractivity contribution is -0.124. The Hall–Kier alpha value is -2.50. The van der Waals surface area contributed by atoms with Gasteiger partial charge < -0.3 is 20.6 Å². The first-order valence-electron chi connectivity index (χ1n) is 14.4. The van der Waals surface area contributed by atoms with Crippen LogP contribution in [0.5, 0.6) is 0 Å². The highest BCUT2D eigenvalue weighted by Crippen LogP contribution is 2.54. The lowest BCUT2D eigenvalue weighted by atomic mass is 9.79. The summed E-state index contributed by atoms with van der Waals surface area (Å²) in [5.74, 6) is -0.434. The maximum absolute atomic E-state index is 12.5. The summed E-state index contributed by atoms with van der Waals surface area (Å²) in [4.78, 5) is 25.0. The van der Waals surface area contributed by atoms with E-state index in [0.29, 0.717) is 0 Å². The Morgan fingerprint density at radius 2 is 0.868 bits per heavy atom. The van der Waals surface area contributed by atoms with Crippen molar-refractivity contribution in [2.24, 2.45) is 11.5 Å². The molecule has 4 N–H and O–H groups in total. The van der Waals surface area contributed by atoms with E-state index in [2.05, 4.69) is 64.5 Å². The molecule has 38 heavy (non-hydrogen) atoms. The SMILES string of the molecule is Cc1c2c(c(C)n1CCCCCCn1c(C)c3c(c1C)C(C)(C(N)=O)CC3(C)C)C(C)(C(N)=O)CC2(C)C. The number of fused-ring (bicyclic) bond motifs is 2. The van der Waals surface area contributed by atoms with Crippen LogP contribution in [0, 0.1) is 27.7 Å². The van der Waals surface area contributed by atoms with Crippen molar-refractivity contribution in [1.29, 1.82) is 0 Å². The largest absolute Gasteiger partial charge is 0.369 e. The fraction of sp³-hybridized carbons (Fsp3) is 0.688. The van der Waals surface area contributed by atoms with E-state index in [9.17, 15) is 9.59 Å². The van der Waals surface area contributed by atoms with Gasteiger partial charge in [-0.1, -0.05) is 40.5 Å². The van der Waals surface area contributed by atoms with Crippen LogP contribution in [0.15, 0.2) is 0 Å². The highest BCUT2D eigenvalue weighted by molar-refractivity contribution is 5.90. The standard InChI is InChI=1S/C32H50N4O2/c1-19-23-25(31(9,27(33)37)17-29(23,5)6)21(3)35(19)15-13-11-12-14-16-36-20(2)24-26(22(36)4)32(10,28(34)38)18-30(24,7)8/h11-18H2,1-10H3,(H2,33,37)(H2,34,38). The molecule has 0 saturated heterocycles. The summed E-state index contributed by atoms with van der Waals surface area (Å²) in [5.41, 5.74) is 20.5. The van der Waals surface area contributed by atoms with E-state index in [4.69, 9.17) is 11.5 Å². The number of rotatable bonds is 9. The van der Waals surface area contributed by atoms with Crippen molar-refractivity contribution in [2.45, 2.75) is 143 Å². The van der Waals surface area contributed by atoms with Gasteiger partial charge in [0.15, 0.2) is 0 Å². The molecular formula is C32H50N4O2. The molecule has 0 fully saturated rings. The van der Waals surface area contributed by atoms with Gasteiger partial charge in [-0.3, -0.25) is 9.59 Å². The number of nitrogens with two attached hydrogens (primary N) is 2. The number of amides is 2. The van der Waals surface area contributed by atoms with E-state index in [1.165, 1.54) is 45.0 Å². The normalized spacial score (nSPS) is 25.0. The zero-order chi connectivity index (χ0) is 28.6. The van der Waals surface area contributed by atoms with Gasteiger partial charge in [0.25, 0.3) is 0 Å². The minimum atomic E-state index is -0.592. The van der Waals surface area contributed by atoms with E-state index in [1.807, 2.05) is 13.8 Å². The molecule has 0 aliphatic heterocycles. The van der Waals surface area contributed by atoms with Crippen LogP contribution >= 0.6 is 0 Å². The topological polar surface area (TPSA) is 96.0 Å². The van der Waals surface area contributed by atoms with Crippen LogP contribution in [0.1, 0.15) is 125 Å². The number of hydrogen-bond donors (Lipinski definition) is 2. The van der Waals surface area contributed by atoms with Gasteiger partial charge >= 0.3 is 0 Å². The summed E-state index contributed by atoms with van der Waals surface area (Å²) in [7, 11) is 0. The Morgan fingerprint density at radius 1 is 0.579 bits per heavy atom. The molecule has 2 atom stereocenters. The van der Waals surface area contributed by atoms with Crippen molar-refractivity contribution in [3.05, 3.63) is 45.0 Å². The van der Waals surface area contributed by atoms with Gasteiger partial charge in [-0.25, -0.2) is 0 Å². The van der Waals surface area contributed by atoms with Gasteiger partial charge in [0, 0.05) is 35.9 Å². The average molecular weight is 523 g/mol. The molecule has 0 bridgehead atoms. The highest BCUT2D eigenvalue weighted by atomic mass is 16.1. The fourth-order valence-corrected chi connectivity index (χ4v) is 8.88. The van der Waals surface area contributed by atoms with E-state index in [0.717, 1.165) is 51.6 Å². The zero-order valence-electron chi connectivity index (χ0n) is 25.5. The number of carbonyl (C=O) groups excluding carboxylic acids is 2. The second kappa shape index (κ2) is 9.02. The van der Waals surface area contributed by atoms with Crippen LogP contribution in [0.25, 0.3) is 0 Å². The van der Waals surface area contributed by atoms with Gasteiger partial charge in [-0.2, -0.15) is 0 Å². The molecule has 2 aliphatic rings. The third-order valence-electron chi connectivity index (χ3n) is 10.2.